The van der Waals surface area contributed by atoms with Crippen molar-refractivity contribution >= 4 is 28.1 Å². The molecule has 3 aromatic heterocycles. The number of nitrogens with zero attached hydrogens (tertiary/aromatic N) is 3. The van der Waals surface area contributed by atoms with Crippen LogP contribution >= 0.6 is 11.3 Å². The minimum atomic E-state index is -0.203. The summed E-state index contributed by atoms with van der Waals surface area (Å²) in [5.41, 5.74) is 2.68. The first-order valence-corrected chi connectivity index (χ1v) is 12.3. The third-order valence-electron chi connectivity index (χ3n) is 6.16. The summed E-state index contributed by atoms with van der Waals surface area (Å²) >= 11 is 1.76. The minimum Gasteiger partial charge on any atom is -0.473 e. The number of aromatic nitrogens is 3. The van der Waals surface area contributed by atoms with Crippen molar-refractivity contribution in [1.82, 2.24) is 14.5 Å². The second kappa shape index (κ2) is 9.19. The molecule has 34 heavy (non-hydrogen) atoms. The molecule has 1 fully saturated rings. The smallest absolute Gasteiger partial charge is 0.279 e. The number of thiophene rings is 1. The first-order chi connectivity index (χ1) is 16.4. The third-order valence-corrected chi connectivity index (χ3v) is 7.46. The van der Waals surface area contributed by atoms with E-state index >= 15 is 0 Å². The highest BCUT2D eigenvalue weighted by Gasteiger charge is 2.21. The molecule has 0 amide bonds. The van der Waals surface area contributed by atoms with E-state index in [9.17, 15) is 4.79 Å². The molecule has 4 aromatic rings. The summed E-state index contributed by atoms with van der Waals surface area (Å²) in [5, 5.41) is 4.18. The number of fused-ring (bicyclic) bond motifs is 1. The van der Waals surface area contributed by atoms with Gasteiger partial charge in [-0.25, -0.2) is 9.97 Å². The van der Waals surface area contributed by atoms with E-state index in [0.29, 0.717) is 41.6 Å². The molecule has 2 atom stereocenters. The number of rotatable bonds is 6. The van der Waals surface area contributed by atoms with Gasteiger partial charge < -0.3 is 14.8 Å². The molecule has 4 heterocycles. The van der Waals surface area contributed by atoms with Crippen molar-refractivity contribution in [2.24, 2.45) is 7.05 Å². The standard InChI is InChI=1S/C26H28N4O3S/c1-15-7-5-6-8-19(15)22-10-9-21(34-22)16(2)27-25-20-13-23(33-18-11-12-32-14-18)30(4)26(31)24(20)28-17(3)29-25/h5-10,13,16,18H,11-12,14H2,1-4H3,(H,27,28,29)/t16-,18+/m1/s1. The fourth-order valence-corrected chi connectivity index (χ4v) is 5.32. The summed E-state index contributed by atoms with van der Waals surface area (Å²) < 4.78 is 13.0. The fourth-order valence-electron chi connectivity index (χ4n) is 4.22. The zero-order valence-electron chi connectivity index (χ0n) is 19.8. The van der Waals surface area contributed by atoms with Crippen LogP contribution in [0.4, 0.5) is 5.82 Å². The number of anilines is 1. The minimum absolute atomic E-state index is 0.00285. The van der Waals surface area contributed by atoms with Crippen molar-refractivity contribution in [2.45, 2.75) is 39.3 Å². The van der Waals surface area contributed by atoms with Gasteiger partial charge in [0.05, 0.1) is 24.6 Å². The summed E-state index contributed by atoms with van der Waals surface area (Å²) in [5.74, 6) is 1.67. The Morgan fingerprint density at radius 2 is 2.03 bits per heavy atom. The number of aryl methyl sites for hydroxylation is 2. The SMILES string of the molecule is Cc1nc(N[C@H](C)c2ccc(-c3ccccc3C)s2)c2cc(O[C@H]3CCOC3)n(C)c(=O)c2n1. The molecule has 1 saturated heterocycles. The van der Waals surface area contributed by atoms with Gasteiger partial charge in [-0.1, -0.05) is 24.3 Å². The van der Waals surface area contributed by atoms with Crippen molar-refractivity contribution in [3.8, 4) is 16.3 Å². The molecule has 0 saturated carbocycles. The lowest BCUT2D eigenvalue weighted by Gasteiger charge is -2.18. The van der Waals surface area contributed by atoms with E-state index in [1.54, 1.807) is 25.3 Å². The molecular formula is C26H28N4O3S. The number of benzene rings is 1. The Kier molecular flexibility index (Phi) is 6.10. The van der Waals surface area contributed by atoms with Gasteiger partial charge in [0.1, 0.15) is 23.3 Å². The van der Waals surface area contributed by atoms with Gasteiger partial charge in [-0.2, -0.15) is 0 Å². The lowest BCUT2D eigenvalue weighted by Crippen LogP contribution is -2.25. The van der Waals surface area contributed by atoms with Gasteiger partial charge in [-0.3, -0.25) is 9.36 Å². The van der Waals surface area contributed by atoms with E-state index in [0.717, 1.165) is 6.42 Å². The molecule has 1 aromatic carbocycles. The normalized spacial score (nSPS) is 16.6. The molecule has 0 bridgehead atoms. The number of hydrogen-bond acceptors (Lipinski definition) is 7. The van der Waals surface area contributed by atoms with Gasteiger partial charge in [0.15, 0.2) is 5.88 Å². The zero-order chi connectivity index (χ0) is 23.8. The molecule has 1 aliphatic heterocycles. The van der Waals surface area contributed by atoms with Gasteiger partial charge in [0.25, 0.3) is 5.56 Å². The average Bonchev–Trinajstić information content (AvgIpc) is 3.51. The maximum Gasteiger partial charge on any atom is 0.279 e. The van der Waals surface area contributed by atoms with Gasteiger partial charge in [-0.05, 0) is 44.0 Å². The van der Waals surface area contributed by atoms with Crippen molar-refractivity contribution in [3.63, 3.8) is 0 Å². The Morgan fingerprint density at radius 1 is 1.21 bits per heavy atom. The van der Waals surface area contributed by atoms with E-state index in [1.165, 1.54) is 25.4 Å². The van der Waals surface area contributed by atoms with Crippen LogP contribution in [-0.2, 0) is 11.8 Å². The van der Waals surface area contributed by atoms with Crippen LogP contribution in [0.3, 0.4) is 0 Å². The molecule has 1 N–H and O–H groups in total. The highest BCUT2D eigenvalue weighted by atomic mass is 32.1. The van der Waals surface area contributed by atoms with Crippen LogP contribution in [-0.4, -0.2) is 33.9 Å². The largest absolute Gasteiger partial charge is 0.473 e. The molecule has 0 radical (unpaired) electrons. The maximum atomic E-state index is 13.1. The first-order valence-electron chi connectivity index (χ1n) is 11.5. The molecule has 7 nitrogen and oxygen atoms in total. The lowest BCUT2D eigenvalue weighted by atomic mass is 10.1. The van der Waals surface area contributed by atoms with Gasteiger partial charge in [0.2, 0.25) is 0 Å². The molecular weight excluding hydrogens is 448 g/mol. The summed E-state index contributed by atoms with van der Waals surface area (Å²) in [6, 6.07) is 14.6. The summed E-state index contributed by atoms with van der Waals surface area (Å²) in [7, 11) is 1.71. The molecule has 5 rings (SSSR count). The number of nitrogens with one attached hydrogen (secondary N) is 1. The van der Waals surface area contributed by atoms with Gasteiger partial charge in [-0.15, -0.1) is 11.3 Å². The molecule has 1 aliphatic rings. The van der Waals surface area contributed by atoms with E-state index in [4.69, 9.17) is 9.47 Å². The highest BCUT2D eigenvalue weighted by molar-refractivity contribution is 7.15. The van der Waals surface area contributed by atoms with Crippen LogP contribution in [0.2, 0.25) is 0 Å². The monoisotopic (exact) mass is 476 g/mol. The quantitative estimate of drug-likeness (QED) is 0.421. The topological polar surface area (TPSA) is 78.3 Å². The van der Waals surface area contributed by atoms with Crippen molar-refractivity contribution < 1.29 is 9.47 Å². The first kappa shape index (κ1) is 22.6. The van der Waals surface area contributed by atoms with Crippen LogP contribution in [0.15, 0.2) is 47.3 Å². The fraction of sp³-hybridized carbons (Fsp3) is 0.346. The van der Waals surface area contributed by atoms with Crippen LogP contribution in [0.5, 0.6) is 5.88 Å². The van der Waals surface area contributed by atoms with Crippen LogP contribution in [0.1, 0.15) is 35.7 Å². The summed E-state index contributed by atoms with van der Waals surface area (Å²) in [4.78, 5) is 24.6. The van der Waals surface area contributed by atoms with Crippen molar-refractivity contribution in [3.05, 3.63) is 69.1 Å². The predicted octanol–water partition coefficient (Wildman–Crippen LogP) is 5.01. The third kappa shape index (κ3) is 4.31. The molecule has 176 valence electrons. The van der Waals surface area contributed by atoms with E-state index in [2.05, 4.69) is 65.5 Å². The number of ether oxygens (including phenoxy) is 2. The van der Waals surface area contributed by atoms with Crippen LogP contribution in [0, 0.1) is 13.8 Å². The average molecular weight is 477 g/mol. The van der Waals surface area contributed by atoms with Gasteiger partial charge in [0, 0.05) is 29.3 Å². The second-order valence-electron chi connectivity index (χ2n) is 8.71. The van der Waals surface area contributed by atoms with Crippen LogP contribution in [0.25, 0.3) is 21.3 Å². The maximum absolute atomic E-state index is 13.1. The Bertz CT molecular complexity index is 1410. The Labute approximate surface area is 202 Å². The van der Waals surface area contributed by atoms with Gasteiger partial charge >= 0.3 is 0 Å². The predicted molar refractivity (Wildman–Crippen MR) is 136 cm³/mol. The highest BCUT2D eigenvalue weighted by Crippen LogP contribution is 2.35. The molecule has 0 spiro atoms. The second-order valence-corrected chi connectivity index (χ2v) is 9.83. The Morgan fingerprint density at radius 3 is 2.79 bits per heavy atom. The zero-order valence-corrected chi connectivity index (χ0v) is 20.6. The van der Waals surface area contributed by atoms with Crippen LogP contribution < -0.4 is 15.6 Å². The number of pyridine rings is 1. The number of hydrogen-bond donors (Lipinski definition) is 1. The van der Waals surface area contributed by atoms with E-state index in [-0.39, 0.29) is 17.7 Å². The Hall–Kier alpha value is -3.23. The Balaban J connectivity index is 1.49. The van der Waals surface area contributed by atoms with E-state index in [1.807, 2.05) is 6.07 Å². The lowest BCUT2D eigenvalue weighted by molar-refractivity contribution is 0.135. The van der Waals surface area contributed by atoms with Crippen molar-refractivity contribution in [1.29, 1.82) is 0 Å². The molecule has 8 heteroatoms. The molecule has 0 aliphatic carbocycles. The van der Waals surface area contributed by atoms with Crippen molar-refractivity contribution in [2.75, 3.05) is 18.5 Å². The van der Waals surface area contributed by atoms with E-state index < -0.39 is 0 Å². The molecule has 0 unspecified atom stereocenters. The summed E-state index contributed by atoms with van der Waals surface area (Å²) in [6.07, 6.45) is 0.746. The summed E-state index contributed by atoms with van der Waals surface area (Å²) in [6.45, 7) is 7.23.